The van der Waals surface area contributed by atoms with Gasteiger partial charge in [-0.05, 0) is 12.1 Å². The normalized spacial score (nSPS) is 17.9. The second kappa shape index (κ2) is 3.96. The average Bonchev–Trinajstić information content (AvgIpc) is 2.51. The predicted molar refractivity (Wildman–Crippen MR) is 61.6 cm³/mol. The lowest BCUT2D eigenvalue weighted by Gasteiger charge is -2.10. The lowest BCUT2D eigenvalue weighted by Crippen LogP contribution is -2.31. The molecule has 4 nitrogen and oxygen atoms in total. The number of fused-ring (bicyclic) bond motifs is 1. The molecule has 1 aliphatic heterocycles. The summed E-state index contributed by atoms with van der Waals surface area (Å²) >= 11 is 11.9. The van der Waals surface area contributed by atoms with Crippen LogP contribution in [0.5, 0.6) is 0 Å². The summed E-state index contributed by atoms with van der Waals surface area (Å²) in [7, 11) is 0. The van der Waals surface area contributed by atoms with Gasteiger partial charge in [-0.2, -0.15) is 0 Å². The Labute approximate surface area is 102 Å². The molecule has 1 aromatic carbocycles. The van der Waals surface area contributed by atoms with E-state index in [0.717, 1.165) is 0 Å². The van der Waals surface area contributed by atoms with Crippen LogP contribution in [-0.2, 0) is 9.59 Å². The molecule has 16 heavy (non-hydrogen) atoms. The van der Waals surface area contributed by atoms with Crippen molar-refractivity contribution in [1.29, 1.82) is 0 Å². The Bertz CT molecular complexity index is 488. The van der Waals surface area contributed by atoms with Gasteiger partial charge in [0.1, 0.15) is 6.04 Å². The van der Waals surface area contributed by atoms with Crippen LogP contribution in [-0.4, -0.2) is 11.8 Å². The molecule has 1 atom stereocenters. The number of amides is 2. The molecule has 0 unspecified atom stereocenters. The van der Waals surface area contributed by atoms with Crippen LogP contribution in [0.25, 0.3) is 0 Å². The highest BCUT2D eigenvalue weighted by Gasteiger charge is 2.34. The van der Waals surface area contributed by atoms with E-state index in [-0.39, 0.29) is 11.8 Å². The summed E-state index contributed by atoms with van der Waals surface area (Å²) in [5.41, 5.74) is 0.993. The highest BCUT2D eigenvalue weighted by molar-refractivity contribution is 6.37. The zero-order chi connectivity index (χ0) is 11.9. The Kier molecular flexibility index (Phi) is 2.78. The molecule has 2 rings (SSSR count). The molecule has 0 fully saturated rings. The van der Waals surface area contributed by atoms with Crippen LogP contribution in [0, 0.1) is 0 Å². The van der Waals surface area contributed by atoms with Gasteiger partial charge < -0.3 is 10.6 Å². The highest BCUT2D eigenvalue weighted by atomic mass is 35.5. The Balaban J connectivity index is 2.51. The fraction of sp³-hybridized carbons (Fsp3) is 0.200. The van der Waals surface area contributed by atoms with E-state index in [9.17, 15) is 9.59 Å². The second-order valence-corrected chi connectivity index (χ2v) is 4.26. The van der Waals surface area contributed by atoms with Gasteiger partial charge in [0.25, 0.3) is 5.91 Å². The van der Waals surface area contributed by atoms with Crippen LogP contribution in [0.1, 0.15) is 18.5 Å². The van der Waals surface area contributed by atoms with Crippen molar-refractivity contribution in [1.82, 2.24) is 5.32 Å². The van der Waals surface area contributed by atoms with Gasteiger partial charge in [-0.1, -0.05) is 23.2 Å². The summed E-state index contributed by atoms with van der Waals surface area (Å²) < 4.78 is 0. The molecule has 0 saturated carbocycles. The maximum absolute atomic E-state index is 11.6. The number of halogens is 2. The van der Waals surface area contributed by atoms with Crippen molar-refractivity contribution in [2.45, 2.75) is 13.0 Å². The van der Waals surface area contributed by atoms with Gasteiger partial charge in [0.05, 0.1) is 10.7 Å². The van der Waals surface area contributed by atoms with E-state index in [1.54, 1.807) is 12.1 Å². The van der Waals surface area contributed by atoms with Crippen LogP contribution in [0.2, 0.25) is 10.0 Å². The van der Waals surface area contributed by atoms with Crippen LogP contribution in [0.4, 0.5) is 5.69 Å². The molecule has 1 heterocycles. The molecular formula is C10H8Cl2N2O2. The molecule has 2 N–H and O–H groups in total. The molecule has 6 heteroatoms. The SMILES string of the molecule is CC(=O)N[C@H]1C(=O)Nc2c(Cl)ccc(Cl)c21. The van der Waals surface area contributed by atoms with Crippen molar-refractivity contribution >= 4 is 40.7 Å². The molecule has 0 saturated heterocycles. The van der Waals surface area contributed by atoms with Gasteiger partial charge in [0.15, 0.2) is 0 Å². The van der Waals surface area contributed by atoms with Gasteiger partial charge in [-0.15, -0.1) is 0 Å². The van der Waals surface area contributed by atoms with Gasteiger partial charge in [0, 0.05) is 17.5 Å². The fourth-order valence-corrected chi connectivity index (χ4v) is 2.12. The van der Waals surface area contributed by atoms with Crippen molar-refractivity contribution < 1.29 is 9.59 Å². The first-order valence-electron chi connectivity index (χ1n) is 4.56. The molecule has 0 bridgehead atoms. The molecule has 84 valence electrons. The topological polar surface area (TPSA) is 58.2 Å². The third-order valence-corrected chi connectivity index (χ3v) is 2.93. The first kappa shape index (κ1) is 11.2. The van der Waals surface area contributed by atoms with Gasteiger partial charge in [0.2, 0.25) is 5.91 Å². The second-order valence-electron chi connectivity index (χ2n) is 3.44. The number of benzene rings is 1. The zero-order valence-electron chi connectivity index (χ0n) is 8.30. The number of anilines is 1. The molecule has 0 aromatic heterocycles. The quantitative estimate of drug-likeness (QED) is 0.811. The summed E-state index contributed by atoms with van der Waals surface area (Å²) in [6.45, 7) is 1.34. The standard InChI is InChI=1S/C10H8Cl2N2O2/c1-4(15)13-9-7-5(11)2-3-6(12)8(7)14-10(9)16/h2-3,9H,1H3,(H,13,15)(H,14,16)/t9-/m1/s1. The zero-order valence-corrected chi connectivity index (χ0v) is 9.82. The Hall–Kier alpha value is -1.26. The summed E-state index contributed by atoms with van der Waals surface area (Å²) in [6.07, 6.45) is 0. The number of nitrogens with one attached hydrogen (secondary N) is 2. The number of rotatable bonds is 1. The van der Waals surface area contributed by atoms with Crippen LogP contribution >= 0.6 is 23.2 Å². The van der Waals surface area contributed by atoms with E-state index in [2.05, 4.69) is 10.6 Å². The van der Waals surface area contributed by atoms with E-state index in [1.165, 1.54) is 6.92 Å². The maximum atomic E-state index is 11.6. The molecule has 1 aromatic rings. The van der Waals surface area contributed by atoms with Crippen LogP contribution in [0.3, 0.4) is 0 Å². The van der Waals surface area contributed by atoms with Crippen molar-refractivity contribution in [2.24, 2.45) is 0 Å². The molecule has 2 amide bonds. The Morgan fingerprint density at radius 2 is 2.00 bits per heavy atom. The van der Waals surface area contributed by atoms with Crippen molar-refractivity contribution in [2.75, 3.05) is 5.32 Å². The molecule has 0 radical (unpaired) electrons. The lowest BCUT2D eigenvalue weighted by atomic mass is 10.1. The minimum Gasteiger partial charge on any atom is -0.341 e. The van der Waals surface area contributed by atoms with Gasteiger partial charge >= 0.3 is 0 Å². The number of carbonyl (C=O) groups excluding carboxylic acids is 2. The first-order chi connectivity index (χ1) is 7.50. The first-order valence-corrected chi connectivity index (χ1v) is 5.32. The molecule has 0 spiro atoms. The van der Waals surface area contributed by atoms with E-state index in [1.807, 2.05) is 0 Å². The van der Waals surface area contributed by atoms with Gasteiger partial charge in [-0.25, -0.2) is 0 Å². The van der Waals surface area contributed by atoms with Gasteiger partial charge in [-0.3, -0.25) is 9.59 Å². The van der Waals surface area contributed by atoms with E-state index in [4.69, 9.17) is 23.2 Å². The highest BCUT2D eigenvalue weighted by Crippen LogP contribution is 2.40. The Morgan fingerprint density at radius 3 is 2.62 bits per heavy atom. The summed E-state index contributed by atoms with van der Waals surface area (Å²) in [5.74, 6) is -0.635. The van der Waals surface area contributed by atoms with E-state index in [0.29, 0.717) is 21.3 Å². The van der Waals surface area contributed by atoms with Crippen molar-refractivity contribution in [3.05, 3.63) is 27.7 Å². The molecule has 1 aliphatic rings. The number of hydrogen-bond acceptors (Lipinski definition) is 2. The van der Waals surface area contributed by atoms with Crippen LogP contribution in [0.15, 0.2) is 12.1 Å². The number of hydrogen-bond donors (Lipinski definition) is 2. The van der Waals surface area contributed by atoms with E-state index >= 15 is 0 Å². The smallest absolute Gasteiger partial charge is 0.251 e. The monoisotopic (exact) mass is 258 g/mol. The van der Waals surface area contributed by atoms with Crippen molar-refractivity contribution in [3.63, 3.8) is 0 Å². The third kappa shape index (κ3) is 1.74. The number of carbonyl (C=O) groups is 2. The lowest BCUT2D eigenvalue weighted by molar-refractivity contribution is -0.124. The predicted octanol–water partition coefficient (Wildman–Crippen LogP) is 2.12. The largest absolute Gasteiger partial charge is 0.341 e. The van der Waals surface area contributed by atoms with Crippen molar-refractivity contribution in [3.8, 4) is 0 Å². The van der Waals surface area contributed by atoms with E-state index < -0.39 is 6.04 Å². The summed E-state index contributed by atoms with van der Waals surface area (Å²) in [6, 6.07) is 2.43. The molecule has 0 aliphatic carbocycles. The minimum atomic E-state index is -0.765. The third-order valence-electron chi connectivity index (χ3n) is 2.29. The minimum absolute atomic E-state index is 0.302. The summed E-state index contributed by atoms with van der Waals surface area (Å²) in [4.78, 5) is 22.6. The fourth-order valence-electron chi connectivity index (χ4n) is 1.64. The van der Waals surface area contributed by atoms with Crippen LogP contribution < -0.4 is 10.6 Å². The molecular weight excluding hydrogens is 251 g/mol. The summed E-state index contributed by atoms with van der Waals surface area (Å²) in [5, 5.41) is 5.92. The average molecular weight is 259 g/mol. The maximum Gasteiger partial charge on any atom is 0.251 e. The Morgan fingerprint density at radius 1 is 1.38 bits per heavy atom.